The second-order valence-corrected chi connectivity index (χ2v) is 7.20. The molecular formula is C19H22ClNO4. The number of benzene rings is 1. The number of hydrogen-bond acceptors (Lipinski definition) is 4. The number of imide groups is 1. The van der Waals surface area contributed by atoms with Gasteiger partial charge in [0.05, 0.1) is 18.3 Å². The van der Waals surface area contributed by atoms with E-state index in [1.807, 2.05) is 0 Å². The van der Waals surface area contributed by atoms with Gasteiger partial charge in [-0.2, -0.15) is 0 Å². The number of rotatable bonds is 5. The van der Waals surface area contributed by atoms with Crippen molar-refractivity contribution in [1.29, 1.82) is 0 Å². The molecule has 5 nitrogen and oxygen atoms in total. The lowest BCUT2D eigenvalue weighted by Gasteiger charge is -2.19. The molecule has 1 aliphatic heterocycles. The van der Waals surface area contributed by atoms with Gasteiger partial charge in [0, 0.05) is 11.6 Å². The average Bonchev–Trinajstić information content (AvgIpc) is 2.85. The molecule has 6 heteroatoms. The number of fused-ring (bicyclic) bond motifs is 1. The molecule has 1 saturated carbocycles. The standard InChI is InChI=1S/C19H22ClNO4/c1-12(13-6-8-14(20)9-7-13)25-17(22)10-11-21-18(23)15-4-2-3-5-16(15)19(21)24/h6-9,12,15-16H,2-5,10-11H2,1H3/t12-,15-,16+/m1/s1. The van der Waals surface area contributed by atoms with Crippen molar-refractivity contribution >= 4 is 29.4 Å². The molecule has 0 N–H and O–H groups in total. The van der Waals surface area contributed by atoms with E-state index >= 15 is 0 Å². The highest BCUT2D eigenvalue weighted by Gasteiger charge is 2.47. The van der Waals surface area contributed by atoms with E-state index in [0.29, 0.717) is 5.02 Å². The summed E-state index contributed by atoms with van der Waals surface area (Å²) < 4.78 is 5.39. The van der Waals surface area contributed by atoms with Crippen molar-refractivity contribution in [3.8, 4) is 0 Å². The van der Waals surface area contributed by atoms with Crippen LogP contribution in [0.3, 0.4) is 0 Å². The van der Waals surface area contributed by atoms with Gasteiger partial charge in [0.25, 0.3) is 0 Å². The Kier molecular flexibility index (Phi) is 5.42. The Morgan fingerprint density at radius 1 is 1.16 bits per heavy atom. The lowest BCUT2D eigenvalue weighted by atomic mass is 9.81. The third-order valence-corrected chi connectivity index (χ3v) is 5.37. The predicted molar refractivity (Wildman–Crippen MR) is 92.7 cm³/mol. The zero-order valence-electron chi connectivity index (χ0n) is 14.2. The van der Waals surface area contributed by atoms with Crippen molar-refractivity contribution < 1.29 is 19.1 Å². The molecule has 1 aromatic carbocycles. The molecule has 2 aliphatic rings. The predicted octanol–water partition coefficient (Wildman–Crippen LogP) is 3.51. The third kappa shape index (κ3) is 3.87. The van der Waals surface area contributed by atoms with Gasteiger partial charge in [0.1, 0.15) is 6.10 Å². The molecule has 0 unspecified atom stereocenters. The summed E-state index contributed by atoms with van der Waals surface area (Å²) in [7, 11) is 0. The van der Waals surface area contributed by atoms with Crippen LogP contribution in [-0.2, 0) is 19.1 Å². The molecule has 1 saturated heterocycles. The lowest BCUT2D eigenvalue weighted by Crippen LogP contribution is -2.33. The highest BCUT2D eigenvalue weighted by atomic mass is 35.5. The molecule has 0 radical (unpaired) electrons. The van der Waals surface area contributed by atoms with Gasteiger partial charge < -0.3 is 4.74 Å². The topological polar surface area (TPSA) is 63.7 Å². The van der Waals surface area contributed by atoms with Crippen molar-refractivity contribution in [2.75, 3.05) is 6.54 Å². The van der Waals surface area contributed by atoms with Crippen LogP contribution in [0.15, 0.2) is 24.3 Å². The molecule has 1 aromatic rings. The molecule has 134 valence electrons. The fourth-order valence-electron chi connectivity index (χ4n) is 3.71. The zero-order chi connectivity index (χ0) is 18.0. The molecule has 3 rings (SSSR count). The minimum absolute atomic E-state index is 0.0227. The Labute approximate surface area is 152 Å². The largest absolute Gasteiger partial charge is 0.458 e. The monoisotopic (exact) mass is 363 g/mol. The maximum Gasteiger partial charge on any atom is 0.308 e. The van der Waals surface area contributed by atoms with Crippen LogP contribution in [0.2, 0.25) is 5.02 Å². The summed E-state index contributed by atoms with van der Waals surface area (Å²) in [6.07, 6.45) is 3.17. The molecule has 1 heterocycles. The number of esters is 1. The Morgan fingerprint density at radius 3 is 2.28 bits per heavy atom. The van der Waals surface area contributed by atoms with Crippen molar-refractivity contribution in [3.05, 3.63) is 34.9 Å². The van der Waals surface area contributed by atoms with Crippen LogP contribution in [0.1, 0.15) is 50.7 Å². The summed E-state index contributed by atoms with van der Waals surface area (Å²) in [6, 6.07) is 7.09. The van der Waals surface area contributed by atoms with Crippen molar-refractivity contribution in [1.82, 2.24) is 4.90 Å². The Bertz CT molecular complexity index is 649. The summed E-state index contributed by atoms with van der Waals surface area (Å²) in [5.41, 5.74) is 0.845. The summed E-state index contributed by atoms with van der Waals surface area (Å²) in [5.74, 6) is -1.00. The van der Waals surface area contributed by atoms with E-state index in [2.05, 4.69) is 0 Å². The number of halogens is 1. The molecule has 2 fully saturated rings. The molecular weight excluding hydrogens is 342 g/mol. The van der Waals surface area contributed by atoms with Crippen LogP contribution in [0.4, 0.5) is 0 Å². The fourth-order valence-corrected chi connectivity index (χ4v) is 3.84. The highest BCUT2D eigenvalue weighted by Crippen LogP contribution is 2.38. The van der Waals surface area contributed by atoms with Crippen molar-refractivity contribution in [2.24, 2.45) is 11.8 Å². The van der Waals surface area contributed by atoms with Crippen LogP contribution >= 0.6 is 11.6 Å². The van der Waals surface area contributed by atoms with E-state index in [-0.39, 0.29) is 36.6 Å². The number of carbonyl (C=O) groups is 3. The smallest absolute Gasteiger partial charge is 0.308 e. The number of amides is 2. The molecule has 0 aromatic heterocycles. The normalized spacial score (nSPS) is 24.2. The number of ether oxygens (including phenoxy) is 1. The van der Waals surface area contributed by atoms with Gasteiger partial charge in [0.2, 0.25) is 11.8 Å². The first-order valence-corrected chi connectivity index (χ1v) is 9.15. The molecule has 1 aliphatic carbocycles. The summed E-state index contributed by atoms with van der Waals surface area (Å²) >= 11 is 5.85. The van der Waals surface area contributed by atoms with Crippen LogP contribution in [0, 0.1) is 11.8 Å². The molecule has 0 bridgehead atoms. The van der Waals surface area contributed by atoms with Crippen LogP contribution in [0.5, 0.6) is 0 Å². The van der Waals surface area contributed by atoms with Crippen LogP contribution in [0.25, 0.3) is 0 Å². The first-order chi connectivity index (χ1) is 12.0. The SMILES string of the molecule is C[C@@H](OC(=O)CCN1C(=O)[C@H]2CCCC[C@H]2C1=O)c1ccc(Cl)cc1. The van der Waals surface area contributed by atoms with E-state index < -0.39 is 12.1 Å². The number of nitrogens with zero attached hydrogens (tertiary/aromatic N) is 1. The zero-order valence-corrected chi connectivity index (χ0v) is 15.0. The quantitative estimate of drug-likeness (QED) is 0.593. The lowest BCUT2D eigenvalue weighted by molar-refractivity contribution is -0.149. The first-order valence-electron chi connectivity index (χ1n) is 8.77. The maximum absolute atomic E-state index is 12.4. The second-order valence-electron chi connectivity index (χ2n) is 6.76. The molecule has 25 heavy (non-hydrogen) atoms. The second kappa shape index (κ2) is 7.56. The molecule has 0 spiro atoms. The van der Waals surface area contributed by atoms with E-state index in [0.717, 1.165) is 31.2 Å². The summed E-state index contributed by atoms with van der Waals surface area (Å²) in [4.78, 5) is 38.1. The van der Waals surface area contributed by atoms with Gasteiger partial charge in [-0.05, 0) is 37.5 Å². The van der Waals surface area contributed by atoms with Gasteiger partial charge in [-0.1, -0.05) is 36.6 Å². The number of hydrogen-bond donors (Lipinski definition) is 0. The molecule has 2 amide bonds. The summed E-state index contributed by atoms with van der Waals surface area (Å²) in [6.45, 7) is 1.89. The maximum atomic E-state index is 12.4. The average molecular weight is 364 g/mol. The van der Waals surface area contributed by atoms with E-state index in [1.165, 1.54) is 4.90 Å². The Hall–Kier alpha value is -1.88. The fraction of sp³-hybridized carbons (Fsp3) is 0.526. The van der Waals surface area contributed by atoms with Gasteiger partial charge >= 0.3 is 5.97 Å². The van der Waals surface area contributed by atoms with Gasteiger partial charge in [-0.15, -0.1) is 0 Å². The number of likely N-dealkylation sites (tertiary alicyclic amines) is 1. The third-order valence-electron chi connectivity index (χ3n) is 5.12. The first kappa shape index (κ1) is 17.9. The van der Waals surface area contributed by atoms with Gasteiger partial charge in [-0.3, -0.25) is 19.3 Å². The highest BCUT2D eigenvalue weighted by molar-refractivity contribution is 6.30. The number of carbonyl (C=O) groups excluding carboxylic acids is 3. The van der Waals surface area contributed by atoms with E-state index in [9.17, 15) is 14.4 Å². The Morgan fingerprint density at radius 2 is 1.72 bits per heavy atom. The van der Waals surface area contributed by atoms with Crippen LogP contribution < -0.4 is 0 Å². The van der Waals surface area contributed by atoms with Gasteiger partial charge in [-0.25, -0.2) is 0 Å². The van der Waals surface area contributed by atoms with Crippen LogP contribution in [-0.4, -0.2) is 29.2 Å². The molecule has 3 atom stereocenters. The minimum Gasteiger partial charge on any atom is -0.458 e. The van der Waals surface area contributed by atoms with Crippen molar-refractivity contribution in [2.45, 2.75) is 45.1 Å². The van der Waals surface area contributed by atoms with Gasteiger partial charge in [0.15, 0.2) is 0 Å². The van der Waals surface area contributed by atoms with Crippen molar-refractivity contribution in [3.63, 3.8) is 0 Å². The Balaban J connectivity index is 1.52. The van der Waals surface area contributed by atoms with E-state index in [4.69, 9.17) is 16.3 Å². The minimum atomic E-state index is -0.419. The summed E-state index contributed by atoms with van der Waals surface area (Å²) in [5, 5.41) is 0.620. The van der Waals surface area contributed by atoms with E-state index in [1.54, 1.807) is 31.2 Å².